The Balaban J connectivity index is 3.33. The quantitative estimate of drug-likeness (QED) is 0.659. The van der Waals surface area contributed by atoms with Crippen molar-refractivity contribution < 1.29 is 13.5 Å². The van der Waals surface area contributed by atoms with Gasteiger partial charge in [-0.1, -0.05) is 0 Å². The summed E-state index contributed by atoms with van der Waals surface area (Å²) in [6.45, 7) is 1.54. The van der Waals surface area contributed by atoms with Crippen LogP contribution in [0.4, 0.5) is 0 Å². The smallest absolute Gasteiger partial charge is 0.261 e. The zero-order chi connectivity index (χ0) is 9.35. The molecule has 0 unspecified atom stereocenters. The molecule has 1 aromatic rings. The molecule has 0 saturated carbocycles. The fourth-order valence-corrected chi connectivity index (χ4v) is 1.61. The average molecular weight is 206 g/mol. The molecule has 0 atom stereocenters. The molecule has 0 amide bonds. The predicted octanol–water partition coefficient (Wildman–Crippen LogP) is 2.07. The summed E-state index contributed by atoms with van der Waals surface area (Å²) in [6, 6.07) is 3.63. The molecule has 0 aliphatic carbocycles. The number of benzene rings is 1. The maximum Gasteiger partial charge on any atom is 0.261 e. The van der Waals surface area contributed by atoms with Gasteiger partial charge in [0.15, 0.2) is 5.75 Å². The molecule has 0 fully saturated rings. The highest BCUT2D eigenvalue weighted by atomic mass is 35.7. The van der Waals surface area contributed by atoms with Crippen LogP contribution in [0.3, 0.4) is 0 Å². The predicted molar refractivity (Wildman–Crippen MR) is 44.4 cm³/mol. The van der Waals surface area contributed by atoms with E-state index in [4.69, 9.17) is 10.7 Å². The minimum absolute atomic E-state index is 0.0405. The third kappa shape index (κ3) is 1.89. The molecular weight excluding hydrogens is 200 g/mol. The third-order valence-electron chi connectivity index (χ3n) is 1.43. The van der Waals surface area contributed by atoms with Crippen molar-refractivity contribution in [2.45, 2.75) is 11.8 Å². The van der Waals surface area contributed by atoms with E-state index in [-0.39, 0.29) is 10.6 Å². The lowest BCUT2D eigenvalue weighted by molar-refractivity contribution is 0.351. The van der Waals surface area contributed by atoms with Crippen LogP contribution < -0.4 is 0 Å². The second kappa shape index (κ2) is 2.95. The Hall–Kier alpha value is -0.740. The van der Waals surface area contributed by atoms with Gasteiger partial charge < -0.3 is 0 Å². The van der Waals surface area contributed by atoms with Crippen LogP contribution in [0, 0.1) is 6.92 Å². The molecule has 12 heavy (non-hydrogen) atoms. The molecule has 0 spiro atoms. The molecule has 0 saturated heterocycles. The van der Waals surface area contributed by atoms with Gasteiger partial charge in [0.1, 0.15) is 0 Å². The van der Waals surface area contributed by atoms with E-state index in [1.807, 2.05) is 0 Å². The number of halogens is 1. The molecule has 0 N–H and O–H groups in total. The van der Waals surface area contributed by atoms with Crippen LogP contribution in [-0.2, 0) is 14.2 Å². The lowest BCUT2D eigenvalue weighted by Crippen LogP contribution is -1.90. The molecule has 0 aliphatic rings. The topological polar surface area (TPSA) is 54.0 Å². The van der Waals surface area contributed by atoms with E-state index >= 15 is 0 Å². The number of hydrogen-bond acceptors (Lipinski definition) is 2. The van der Waals surface area contributed by atoms with Gasteiger partial charge in [-0.05, 0) is 30.7 Å². The zero-order valence-corrected chi connectivity index (χ0v) is 7.82. The molecular formula is C7H6ClO3S. The van der Waals surface area contributed by atoms with E-state index in [1.165, 1.54) is 25.1 Å². The molecule has 3 nitrogen and oxygen atoms in total. The van der Waals surface area contributed by atoms with Gasteiger partial charge in [0.2, 0.25) is 0 Å². The van der Waals surface area contributed by atoms with E-state index in [1.54, 1.807) is 0 Å². The van der Waals surface area contributed by atoms with Crippen LogP contribution in [0.2, 0.25) is 0 Å². The van der Waals surface area contributed by atoms with E-state index in [2.05, 4.69) is 0 Å². The normalized spacial score (nSPS) is 11.5. The molecule has 1 radical (unpaired) electrons. The van der Waals surface area contributed by atoms with Crippen LogP contribution in [0.5, 0.6) is 5.75 Å². The molecule has 1 aromatic carbocycles. The fourth-order valence-electron chi connectivity index (χ4n) is 0.774. The van der Waals surface area contributed by atoms with Crippen LogP contribution in [0.15, 0.2) is 23.1 Å². The van der Waals surface area contributed by atoms with Gasteiger partial charge in [-0.2, -0.15) is 0 Å². The fraction of sp³-hybridized carbons (Fsp3) is 0.143. The lowest BCUT2D eigenvalue weighted by atomic mass is 10.2. The number of rotatable bonds is 1. The first-order valence-corrected chi connectivity index (χ1v) is 5.44. The summed E-state index contributed by atoms with van der Waals surface area (Å²) >= 11 is 0. The second-order valence-corrected chi connectivity index (χ2v) is 4.93. The molecule has 65 valence electrons. The Morgan fingerprint density at radius 3 is 2.33 bits per heavy atom. The number of hydrogen-bond donors (Lipinski definition) is 0. The van der Waals surface area contributed by atoms with Gasteiger partial charge in [0, 0.05) is 10.7 Å². The van der Waals surface area contributed by atoms with Gasteiger partial charge in [0.25, 0.3) is 9.05 Å². The van der Waals surface area contributed by atoms with Crippen LogP contribution >= 0.6 is 10.7 Å². The van der Waals surface area contributed by atoms with Crippen molar-refractivity contribution >= 4 is 19.7 Å². The Labute approximate surface area is 75.0 Å². The Bertz CT molecular complexity index is 397. The van der Waals surface area contributed by atoms with Crippen molar-refractivity contribution in [3.05, 3.63) is 23.8 Å². The van der Waals surface area contributed by atoms with E-state index in [0.29, 0.717) is 5.56 Å². The molecule has 0 aliphatic heterocycles. The monoisotopic (exact) mass is 205 g/mol. The first kappa shape index (κ1) is 9.35. The van der Waals surface area contributed by atoms with Gasteiger partial charge in [-0.25, -0.2) is 8.42 Å². The van der Waals surface area contributed by atoms with Gasteiger partial charge in [0.05, 0.1) is 4.90 Å². The summed E-state index contributed by atoms with van der Waals surface area (Å²) in [5, 5.41) is 10.9. The van der Waals surface area contributed by atoms with Crippen molar-refractivity contribution in [1.29, 1.82) is 0 Å². The molecule has 0 bridgehead atoms. The van der Waals surface area contributed by atoms with Crippen LogP contribution in [-0.4, -0.2) is 8.42 Å². The Morgan fingerprint density at radius 2 is 1.92 bits per heavy atom. The first-order chi connectivity index (χ1) is 5.41. The summed E-state index contributed by atoms with van der Waals surface area (Å²) in [5.41, 5.74) is 0.372. The highest BCUT2D eigenvalue weighted by molar-refractivity contribution is 8.13. The van der Waals surface area contributed by atoms with Crippen LogP contribution in [0.25, 0.3) is 0 Å². The van der Waals surface area contributed by atoms with Crippen molar-refractivity contribution in [1.82, 2.24) is 0 Å². The van der Waals surface area contributed by atoms with Crippen molar-refractivity contribution in [3.8, 4) is 5.75 Å². The van der Waals surface area contributed by atoms with E-state index in [9.17, 15) is 13.5 Å². The maximum absolute atomic E-state index is 10.9. The van der Waals surface area contributed by atoms with Gasteiger partial charge in [-0.15, -0.1) is 0 Å². The molecule has 5 heteroatoms. The summed E-state index contributed by atoms with van der Waals surface area (Å²) in [7, 11) is 1.34. The summed E-state index contributed by atoms with van der Waals surface area (Å²) in [5.74, 6) is -0.195. The highest BCUT2D eigenvalue weighted by Gasteiger charge is 2.11. The first-order valence-electron chi connectivity index (χ1n) is 3.13. The minimum atomic E-state index is -3.71. The molecule has 1 rings (SSSR count). The van der Waals surface area contributed by atoms with E-state index < -0.39 is 9.05 Å². The Morgan fingerprint density at radius 1 is 1.33 bits per heavy atom. The lowest BCUT2D eigenvalue weighted by Gasteiger charge is -1.97. The van der Waals surface area contributed by atoms with Crippen molar-refractivity contribution in [2.24, 2.45) is 0 Å². The summed E-state index contributed by atoms with van der Waals surface area (Å²) < 4.78 is 21.5. The number of aryl methyl sites for hydroxylation is 1. The van der Waals surface area contributed by atoms with Crippen LogP contribution in [0.1, 0.15) is 5.56 Å². The summed E-state index contributed by atoms with van der Waals surface area (Å²) in [6.07, 6.45) is 0. The SMILES string of the molecule is Cc1cc(S(=O)(=O)Cl)ccc1[O]. The highest BCUT2D eigenvalue weighted by Crippen LogP contribution is 2.22. The van der Waals surface area contributed by atoms with E-state index in [0.717, 1.165) is 0 Å². The van der Waals surface area contributed by atoms with Gasteiger partial charge in [-0.3, -0.25) is 5.11 Å². The maximum atomic E-state index is 10.9. The van der Waals surface area contributed by atoms with Crippen molar-refractivity contribution in [2.75, 3.05) is 0 Å². The standard InChI is InChI=1S/C7H6ClO3S/c1-5-4-6(12(8,10)11)2-3-7(5)9/h2-4H,1H3. The van der Waals surface area contributed by atoms with Crippen molar-refractivity contribution in [3.63, 3.8) is 0 Å². The third-order valence-corrected chi connectivity index (χ3v) is 2.78. The summed E-state index contributed by atoms with van der Waals surface area (Å²) in [4.78, 5) is -0.0405. The second-order valence-electron chi connectivity index (χ2n) is 2.37. The molecule has 0 heterocycles. The largest absolute Gasteiger partial charge is 0.290 e. The zero-order valence-electron chi connectivity index (χ0n) is 6.24. The average Bonchev–Trinajstić information content (AvgIpc) is 1.92. The van der Waals surface area contributed by atoms with Gasteiger partial charge >= 0.3 is 0 Å². The minimum Gasteiger partial charge on any atom is -0.290 e. The molecule has 0 aromatic heterocycles. The Kier molecular flexibility index (Phi) is 2.30.